The van der Waals surface area contributed by atoms with Crippen LogP contribution in [0.15, 0.2) is 36.4 Å². The van der Waals surface area contributed by atoms with Gasteiger partial charge in [-0.25, -0.2) is 14.4 Å². The number of aromatic hydroxyl groups is 6. The summed E-state index contributed by atoms with van der Waals surface area (Å²) in [6, 6.07) is 5.64. The van der Waals surface area contributed by atoms with Gasteiger partial charge in [0.15, 0.2) is 5.60 Å². The van der Waals surface area contributed by atoms with Crippen LogP contribution in [0.25, 0.3) is 0 Å². The molecule has 0 aliphatic heterocycles. The smallest absolute Gasteiger partial charge is 0.365 e. The van der Waals surface area contributed by atoms with Crippen LogP contribution in [0.3, 0.4) is 0 Å². The Morgan fingerprint density at radius 1 is 0.588 bits per heavy atom. The van der Waals surface area contributed by atoms with E-state index in [1.165, 1.54) is 0 Å². The number of aliphatic hydroxyl groups is 1. The van der Waals surface area contributed by atoms with E-state index in [0.29, 0.717) is 0 Å². The quantitative estimate of drug-likeness (QED) is 0.186. The van der Waals surface area contributed by atoms with Crippen molar-refractivity contribution >= 4 is 17.9 Å². The Labute approximate surface area is 187 Å². The fourth-order valence-electron chi connectivity index (χ4n) is 2.61. The van der Waals surface area contributed by atoms with Gasteiger partial charge in [0, 0.05) is 36.4 Å². The summed E-state index contributed by atoms with van der Waals surface area (Å²) >= 11 is 0. The topological polar surface area (TPSA) is 235 Å². The minimum absolute atomic E-state index is 0.164. The summed E-state index contributed by atoms with van der Waals surface area (Å²) in [4.78, 5) is 51.2. The number of aromatic nitrogens is 3. The lowest BCUT2D eigenvalue weighted by molar-refractivity contribution is -0.179. The second kappa shape index (κ2) is 8.87. The van der Waals surface area contributed by atoms with Crippen LogP contribution in [0.5, 0.6) is 35.3 Å². The molecule has 0 aromatic carbocycles. The first-order valence-corrected chi connectivity index (χ1v) is 9.08. The Bertz CT molecular complexity index is 1120. The van der Waals surface area contributed by atoms with Crippen LogP contribution in [-0.2, 0) is 14.4 Å². The summed E-state index contributed by atoms with van der Waals surface area (Å²) in [5.41, 5.74) is -3.09. The highest BCUT2D eigenvalue weighted by Gasteiger charge is 2.45. The van der Waals surface area contributed by atoms with Gasteiger partial charge in [0.05, 0.1) is 12.8 Å². The summed E-state index contributed by atoms with van der Waals surface area (Å²) in [5, 5.41) is 68.2. The van der Waals surface area contributed by atoms with E-state index in [-0.39, 0.29) is 14.2 Å². The van der Waals surface area contributed by atoms with Gasteiger partial charge in [0.25, 0.3) is 0 Å². The van der Waals surface area contributed by atoms with Gasteiger partial charge in [-0.05, 0) is 0 Å². The minimum atomic E-state index is -3.09. The predicted octanol–water partition coefficient (Wildman–Crippen LogP) is -1.90. The third-order valence-corrected chi connectivity index (χ3v) is 4.21. The largest absolute Gasteiger partial charge is 0.492 e. The van der Waals surface area contributed by atoms with Gasteiger partial charge in [0.2, 0.25) is 35.3 Å². The molecule has 0 aliphatic rings. The number of hydrogen-bond donors (Lipinski definition) is 7. The molecule has 16 heteroatoms. The average molecular weight is 483 g/mol. The molecule has 0 fully saturated rings. The summed E-state index contributed by atoms with van der Waals surface area (Å²) in [7, 11) is 0. The number of carbonyl (C=O) groups excluding carboxylic acids is 3. The summed E-state index contributed by atoms with van der Waals surface area (Å²) in [6.07, 6.45) is -2.69. The van der Waals surface area contributed by atoms with Gasteiger partial charge in [-0.2, -0.15) is 0 Å². The lowest BCUT2D eigenvalue weighted by Crippen LogP contribution is -2.49. The van der Waals surface area contributed by atoms with E-state index < -0.39 is 71.6 Å². The first kappa shape index (κ1) is 23.7. The Morgan fingerprint density at radius 2 is 0.853 bits per heavy atom. The van der Waals surface area contributed by atoms with Crippen molar-refractivity contribution in [3.8, 4) is 35.3 Å². The van der Waals surface area contributed by atoms with E-state index in [4.69, 9.17) is 0 Å². The Balaban J connectivity index is 1.84. The molecule has 3 heterocycles. The normalized spacial score (nSPS) is 11.2. The molecule has 7 N–H and O–H groups in total. The number of rotatable bonds is 8. The molecule has 3 aromatic rings. The molecule has 0 atom stereocenters. The van der Waals surface area contributed by atoms with Crippen molar-refractivity contribution in [2.75, 3.05) is 0 Å². The van der Waals surface area contributed by atoms with E-state index >= 15 is 0 Å². The monoisotopic (exact) mass is 483 g/mol. The van der Waals surface area contributed by atoms with Crippen LogP contribution < -0.4 is 14.5 Å². The molecule has 0 saturated carbocycles. The van der Waals surface area contributed by atoms with E-state index in [0.717, 1.165) is 36.4 Å². The first-order valence-electron chi connectivity index (χ1n) is 9.08. The van der Waals surface area contributed by atoms with Crippen LogP contribution in [0.1, 0.15) is 12.8 Å². The lowest BCUT2D eigenvalue weighted by Gasteiger charge is -2.24. The molecular weight excluding hydrogens is 466 g/mol. The van der Waals surface area contributed by atoms with Crippen molar-refractivity contribution < 1.29 is 64.6 Å². The van der Waals surface area contributed by atoms with Crippen molar-refractivity contribution in [1.29, 1.82) is 0 Å². The number of carbonyl (C=O) groups is 3. The fourth-order valence-corrected chi connectivity index (χ4v) is 2.61. The van der Waals surface area contributed by atoms with Gasteiger partial charge in [-0.3, -0.25) is 0 Å². The van der Waals surface area contributed by atoms with Crippen LogP contribution >= 0.6 is 0 Å². The molecule has 182 valence electrons. The van der Waals surface area contributed by atoms with Gasteiger partial charge in [0.1, 0.15) is 0 Å². The standard InChI is InChI=1S/C18H17N3O13/c22-9-1-2-10(23)19(9)32-15(28)7-18(31,17(30)34-21-13(26)5-6-14(21)27)8-16(29)33-20-11(24)3-4-12(20)25/h1-6,22-27,31H,7-8H2. The molecule has 0 saturated heterocycles. The number of hydrogen-bond acceptors (Lipinski definition) is 13. The summed E-state index contributed by atoms with van der Waals surface area (Å²) in [5.74, 6) is -9.18. The molecule has 3 rings (SSSR count). The zero-order chi connectivity index (χ0) is 25.2. The van der Waals surface area contributed by atoms with E-state index in [2.05, 4.69) is 14.5 Å². The maximum atomic E-state index is 12.6. The van der Waals surface area contributed by atoms with E-state index in [9.17, 15) is 50.1 Å². The molecule has 0 radical (unpaired) electrons. The van der Waals surface area contributed by atoms with Crippen LogP contribution in [0, 0.1) is 0 Å². The van der Waals surface area contributed by atoms with Gasteiger partial charge < -0.3 is 50.3 Å². The molecule has 0 bridgehead atoms. The van der Waals surface area contributed by atoms with Crippen LogP contribution in [0.2, 0.25) is 0 Å². The SMILES string of the molecule is O=C(CC(O)(CC(=O)On1c(O)ccc1O)C(=O)On1c(O)ccc1O)On1c(O)ccc1O. The molecule has 0 amide bonds. The van der Waals surface area contributed by atoms with E-state index in [1.807, 2.05) is 0 Å². The Hall–Kier alpha value is -4.99. The lowest BCUT2D eigenvalue weighted by atomic mass is 9.96. The second-order valence-electron chi connectivity index (χ2n) is 6.72. The van der Waals surface area contributed by atoms with Gasteiger partial charge in [-0.1, -0.05) is 0 Å². The minimum Gasteiger partial charge on any atom is -0.492 e. The maximum Gasteiger partial charge on any atom is 0.365 e. The zero-order valence-corrected chi connectivity index (χ0v) is 16.8. The predicted molar refractivity (Wildman–Crippen MR) is 102 cm³/mol. The highest BCUT2D eigenvalue weighted by molar-refractivity contribution is 5.90. The molecule has 34 heavy (non-hydrogen) atoms. The van der Waals surface area contributed by atoms with Crippen molar-refractivity contribution in [2.24, 2.45) is 0 Å². The number of nitrogens with zero attached hydrogens (tertiary/aromatic N) is 3. The van der Waals surface area contributed by atoms with Gasteiger partial charge in [-0.15, -0.1) is 14.2 Å². The molecule has 0 unspecified atom stereocenters. The van der Waals surface area contributed by atoms with Crippen LogP contribution in [0.4, 0.5) is 0 Å². The van der Waals surface area contributed by atoms with Crippen molar-refractivity contribution in [2.45, 2.75) is 18.4 Å². The Kier molecular flexibility index (Phi) is 6.17. The third-order valence-electron chi connectivity index (χ3n) is 4.21. The molecule has 0 spiro atoms. The average Bonchev–Trinajstić information content (AvgIpc) is 3.36. The first-order chi connectivity index (χ1) is 15.9. The third kappa shape index (κ3) is 4.75. The van der Waals surface area contributed by atoms with E-state index in [1.54, 1.807) is 0 Å². The Morgan fingerprint density at radius 3 is 1.15 bits per heavy atom. The highest BCUT2D eigenvalue weighted by atomic mass is 16.7. The molecule has 0 aliphatic carbocycles. The summed E-state index contributed by atoms with van der Waals surface area (Å²) < 4.78 is 0.648. The van der Waals surface area contributed by atoms with Crippen molar-refractivity contribution in [3.63, 3.8) is 0 Å². The zero-order valence-electron chi connectivity index (χ0n) is 16.8. The summed E-state index contributed by atoms with van der Waals surface area (Å²) in [6.45, 7) is 0. The highest BCUT2D eigenvalue weighted by Crippen LogP contribution is 2.25. The van der Waals surface area contributed by atoms with Gasteiger partial charge >= 0.3 is 17.9 Å². The maximum absolute atomic E-state index is 12.6. The second-order valence-corrected chi connectivity index (χ2v) is 6.72. The molecule has 16 nitrogen and oxygen atoms in total. The molecular formula is C18H17N3O13. The van der Waals surface area contributed by atoms with Crippen LogP contribution in [-0.4, -0.2) is 73.4 Å². The van der Waals surface area contributed by atoms with Crippen molar-refractivity contribution in [3.05, 3.63) is 36.4 Å². The fraction of sp³-hybridized carbons (Fsp3) is 0.167. The van der Waals surface area contributed by atoms with Crippen molar-refractivity contribution in [1.82, 2.24) is 14.2 Å². The molecule has 3 aromatic heterocycles.